The van der Waals surface area contributed by atoms with Gasteiger partial charge < -0.3 is 16.0 Å². The highest BCUT2D eigenvalue weighted by Gasteiger charge is 2.22. The predicted octanol–water partition coefficient (Wildman–Crippen LogP) is 3.06. The number of nitrogens with one attached hydrogen (secondary N) is 3. The number of carbonyl (C=O) groups excluding carboxylic acids is 1. The third-order valence-corrected chi connectivity index (χ3v) is 4.75. The van der Waals surface area contributed by atoms with Crippen LogP contribution in [-0.2, 0) is 11.3 Å². The van der Waals surface area contributed by atoms with Crippen molar-refractivity contribution in [2.45, 2.75) is 50.1 Å². The van der Waals surface area contributed by atoms with Crippen LogP contribution in [0.4, 0.5) is 0 Å². The van der Waals surface area contributed by atoms with Crippen LogP contribution in [0, 0.1) is 6.92 Å². The first-order valence-electron chi connectivity index (χ1n) is 8.49. The molecule has 1 aromatic rings. The van der Waals surface area contributed by atoms with Gasteiger partial charge in [0.25, 0.3) is 0 Å². The van der Waals surface area contributed by atoms with Gasteiger partial charge in [-0.1, -0.05) is 12.1 Å². The summed E-state index contributed by atoms with van der Waals surface area (Å²) in [7, 11) is 1.76. The molecule has 1 aliphatic rings. The molecule has 140 valence electrons. The van der Waals surface area contributed by atoms with E-state index in [2.05, 4.69) is 52.3 Å². The van der Waals surface area contributed by atoms with Crippen LogP contribution in [0.3, 0.4) is 0 Å². The monoisotopic (exact) mass is 476 g/mol. The Kier molecular flexibility index (Phi) is 10.3. The van der Waals surface area contributed by atoms with Gasteiger partial charge in [-0.2, -0.15) is 0 Å². The van der Waals surface area contributed by atoms with E-state index >= 15 is 0 Å². The number of rotatable bonds is 8. The van der Waals surface area contributed by atoms with Gasteiger partial charge >= 0.3 is 0 Å². The zero-order chi connectivity index (χ0) is 17.4. The van der Waals surface area contributed by atoms with Crippen LogP contribution in [0.2, 0.25) is 0 Å². The number of nitrogens with zero attached hydrogens (tertiary/aromatic N) is 1. The van der Waals surface area contributed by atoms with Crippen molar-refractivity contribution < 1.29 is 4.79 Å². The summed E-state index contributed by atoms with van der Waals surface area (Å²) < 4.78 is 0. The molecule has 0 heterocycles. The lowest BCUT2D eigenvalue weighted by atomic mass is 10.1. The number of hydrogen-bond donors (Lipinski definition) is 3. The van der Waals surface area contributed by atoms with Crippen molar-refractivity contribution in [3.63, 3.8) is 0 Å². The zero-order valence-corrected chi connectivity index (χ0v) is 18.4. The summed E-state index contributed by atoms with van der Waals surface area (Å²) in [6.07, 6.45) is 5.74. The molecule has 0 radical (unpaired) electrons. The van der Waals surface area contributed by atoms with E-state index in [0.717, 1.165) is 38.3 Å². The van der Waals surface area contributed by atoms with Crippen molar-refractivity contribution in [3.8, 4) is 0 Å². The molecule has 0 saturated heterocycles. The Morgan fingerprint density at radius 1 is 1.32 bits per heavy atom. The molecule has 2 rings (SSSR count). The van der Waals surface area contributed by atoms with Crippen LogP contribution in [0.25, 0.3) is 0 Å². The number of halogens is 1. The summed E-state index contributed by atoms with van der Waals surface area (Å²) in [6, 6.07) is 6.94. The predicted molar refractivity (Wildman–Crippen MR) is 117 cm³/mol. The van der Waals surface area contributed by atoms with Crippen molar-refractivity contribution in [3.05, 3.63) is 29.3 Å². The Balaban J connectivity index is 0.00000312. The maximum absolute atomic E-state index is 11.6. The number of benzene rings is 1. The largest absolute Gasteiger partial charge is 0.356 e. The van der Waals surface area contributed by atoms with Gasteiger partial charge in [0.15, 0.2) is 5.96 Å². The second-order valence-electron chi connectivity index (χ2n) is 6.11. The van der Waals surface area contributed by atoms with Gasteiger partial charge in [0.05, 0.1) is 0 Å². The van der Waals surface area contributed by atoms with E-state index in [1.807, 2.05) is 0 Å². The van der Waals surface area contributed by atoms with Crippen molar-refractivity contribution in [1.82, 2.24) is 16.0 Å². The first-order chi connectivity index (χ1) is 11.6. The highest BCUT2D eigenvalue weighted by molar-refractivity contribution is 14.0. The maximum Gasteiger partial charge on any atom is 0.220 e. The first-order valence-corrected chi connectivity index (χ1v) is 9.72. The van der Waals surface area contributed by atoms with Crippen LogP contribution in [-0.4, -0.2) is 37.8 Å². The van der Waals surface area contributed by atoms with Gasteiger partial charge in [0.1, 0.15) is 0 Å². The first kappa shape index (κ1) is 22.1. The fraction of sp³-hybridized carbons (Fsp3) is 0.556. The summed E-state index contributed by atoms with van der Waals surface area (Å²) in [5, 5.41) is 9.61. The second kappa shape index (κ2) is 11.6. The molecule has 0 aliphatic heterocycles. The molecular formula is C18H29IN4OS. The molecule has 0 atom stereocenters. The minimum absolute atomic E-state index is 0. The fourth-order valence-corrected chi connectivity index (χ4v) is 3.09. The van der Waals surface area contributed by atoms with Gasteiger partial charge in [-0.3, -0.25) is 9.79 Å². The summed E-state index contributed by atoms with van der Waals surface area (Å²) in [5.41, 5.74) is 2.54. The third kappa shape index (κ3) is 8.31. The van der Waals surface area contributed by atoms with E-state index in [1.54, 1.807) is 18.8 Å². The molecule has 25 heavy (non-hydrogen) atoms. The maximum atomic E-state index is 11.6. The molecule has 5 nitrogen and oxygen atoms in total. The van der Waals surface area contributed by atoms with E-state index in [4.69, 9.17) is 0 Å². The molecular weight excluding hydrogens is 447 g/mol. The second-order valence-corrected chi connectivity index (χ2v) is 6.96. The van der Waals surface area contributed by atoms with Crippen LogP contribution in [0.15, 0.2) is 28.1 Å². The Hall–Kier alpha value is -0.960. The topological polar surface area (TPSA) is 65.5 Å². The molecule has 1 amide bonds. The summed E-state index contributed by atoms with van der Waals surface area (Å²) in [5.74, 6) is 0.928. The number of thioether (sulfide) groups is 1. The summed E-state index contributed by atoms with van der Waals surface area (Å²) >= 11 is 1.76. The zero-order valence-electron chi connectivity index (χ0n) is 15.2. The highest BCUT2D eigenvalue weighted by atomic mass is 127. The number of carbonyl (C=O) groups is 1. The fourth-order valence-electron chi connectivity index (χ4n) is 2.38. The lowest BCUT2D eigenvalue weighted by Gasteiger charge is -2.14. The lowest BCUT2D eigenvalue weighted by molar-refractivity contribution is -0.121. The van der Waals surface area contributed by atoms with E-state index < -0.39 is 0 Å². The van der Waals surface area contributed by atoms with Crippen molar-refractivity contribution in [2.24, 2.45) is 4.99 Å². The summed E-state index contributed by atoms with van der Waals surface area (Å²) in [6.45, 7) is 3.58. The van der Waals surface area contributed by atoms with E-state index in [0.29, 0.717) is 12.5 Å². The normalized spacial score (nSPS) is 13.8. The third-order valence-electron chi connectivity index (χ3n) is 3.93. The van der Waals surface area contributed by atoms with Crippen LogP contribution in [0.1, 0.15) is 36.8 Å². The SMILES string of the molecule is CN=C(NCCCC(=O)NC1CC1)NCc1ccc(C)cc1SC.I. The molecule has 0 bridgehead atoms. The van der Waals surface area contributed by atoms with E-state index in [1.165, 1.54) is 16.0 Å². The average Bonchev–Trinajstić information content (AvgIpc) is 3.38. The molecule has 1 aliphatic carbocycles. The average molecular weight is 476 g/mol. The number of amides is 1. The molecule has 1 aromatic carbocycles. The van der Waals surface area contributed by atoms with Gasteiger partial charge in [-0.15, -0.1) is 35.7 Å². The Morgan fingerprint density at radius 2 is 2.08 bits per heavy atom. The molecule has 7 heteroatoms. The Bertz CT molecular complexity index is 590. The molecule has 3 N–H and O–H groups in total. The van der Waals surface area contributed by atoms with Crippen LogP contribution >= 0.6 is 35.7 Å². The van der Waals surface area contributed by atoms with Crippen molar-refractivity contribution in [2.75, 3.05) is 19.8 Å². The Labute approximate surface area is 172 Å². The smallest absolute Gasteiger partial charge is 0.220 e. The van der Waals surface area contributed by atoms with Crippen molar-refractivity contribution >= 4 is 47.6 Å². The van der Waals surface area contributed by atoms with Crippen LogP contribution < -0.4 is 16.0 Å². The van der Waals surface area contributed by atoms with Gasteiger partial charge in [-0.05, 0) is 49.6 Å². The van der Waals surface area contributed by atoms with Gasteiger partial charge in [-0.25, -0.2) is 0 Å². The lowest BCUT2D eigenvalue weighted by Crippen LogP contribution is -2.37. The molecule has 0 spiro atoms. The van der Waals surface area contributed by atoms with Crippen molar-refractivity contribution in [1.29, 1.82) is 0 Å². The minimum atomic E-state index is 0. The molecule has 0 unspecified atom stereocenters. The minimum Gasteiger partial charge on any atom is -0.356 e. The highest BCUT2D eigenvalue weighted by Crippen LogP contribution is 2.21. The van der Waals surface area contributed by atoms with E-state index in [-0.39, 0.29) is 29.9 Å². The summed E-state index contributed by atoms with van der Waals surface area (Å²) in [4.78, 5) is 17.2. The number of guanidine groups is 1. The number of hydrogen-bond acceptors (Lipinski definition) is 3. The van der Waals surface area contributed by atoms with Gasteiger partial charge in [0.2, 0.25) is 5.91 Å². The van der Waals surface area contributed by atoms with Crippen LogP contribution in [0.5, 0.6) is 0 Å². The molecule has 1 fully saturated rings. The van der Waals surface area contributed by atoms with Gasteiger partial charge in [0, 0.05) is 37.5 Å². The van der Waals surface area contributed by atoms with E-state index in [9.17, 15) is 4.79 Å². The molecule has 0 aromatic heterocycles. The number of aryl methyl sites for hydroxylation is 1. The quantitative estimate of drug-likeness (QED) is 0.178. The molecule has 1 saturated carbocycles. The number of aliphatic imine (C=N–C) groups is 1. The Morgan fingerprint density at radius 3 is 2.72 bits per heavy atom. The standard InChI is InChI=1S/C18H28N4OS.HI/c1-13-6-7-14(16(11-13)24-3)12-21-18(19-2)20-10-4-5-17(23)22-15-8-9-15;/h6-7,11,15H,4-5,8-10,12H2,1-3H3,(H,22,23)(H2,19,20,21);1H.